The van der Waals surface area contributed by atoms with Gasteiger partial charge in [-0.2, -0.15) is 0 Å². The third-order valence-corrected chi connectivity index (χ3v) is 5.85. The van der Waals surface area contributed by atoms with Gasteiger partial charge in [0.2, 0.25) is 11.8 Å². The maximum atomic E-state index is 13.3. The number of carbonyl (C=O) groups excluding carboxylic acids is 2. The van der Waals surface area contributed by atoms with E-state index in [0.717, 1.165) is 38.6 Å². The molecule has 0 bridgehead atoms. The van der Waals surface area contributed by atoms with Crippen molar-refractivity contribution in [1.82, 2.24) is 9.80 Å². The van der Waals surface area contributed by atoms with Crippen molar-refractivity contribution < 1.29 is 14.3 Å². The lowest BCUT2D eigenvalue weighted by molar-refractivity contribution is -0.147. The molecule has 148 valence electrons. The summed E-state index contributed by atoms with van der Waals surface area (Å²) < 4.78 is 5.48. The molecule has 2 fully saturated rings. The third-order valence-electron chi connectivity index (χ3n) is 5.85. The molecule has 2 heterocycles. The summed E-state index contributed by atoms with van der Waals surface area (Å²) in [7, 11) is 0. The van der Waals surface area contributed by atoms with E-state index in [1.807, 2.05) is 15.9 Å². The monoisotopic (exact) mass is 372 g/mol. The summed E-state index contributed by atoms with van der Waals surface area (Å²) in [6, 6.07) is 8.35. The number of unbranched alkanes of at least 4 members (excludes halogenated alkanes) is 1. The Labute approximate surface area is 162 Å². The molecule has 0 radical (unpaired) electrons. The molecule has 0 saturated carbocycles. The fraction of sp³-hybridized carbons (Fsp3) is 0.636. The fourth-order valence-corrected chi connectivity index (χ4v) is 4.30. The van der Waals surface area contributed by atoms with Crippen LogP contribution < -0.4 is 0 Å². The number of hydrogen-bond acceptors (Lipinski definition) is 3. The number of aryl methyl sites for hydroxylation is 1. The van der Waals surface area contributed by atoms with Crippen molar-refractivity contribution in [2.45, 2.75) is 52.5 Å². The molecule has 5 nitrogen and oxygen atoms in total. The molecule has 5 heteroatoms. The summed E-state index contributed by atoms with van der Waals surface area (Å²) in [4.78, 5) is 29.5. The van der Waals surface area contributed by atoms with Crippen LogP contribution in [0.5, 0.6) is 0 Å². The van der Waals surface area contributed by atoms with Gasteiger partial charge in [0.15, 0.2) is 0 Å². The number of rotatable bonds is 7. The van der Waals surface area contributed by atoms with Gasteiger partial charge in [-0.05, 0) is 38.2 Å². The largest absolute Gasteiger partial charge is 0.372 e. The summed E-state index contributed by atoms with van der Waals surface area (Å²) in [5, 5.41) is 0. The highest BCUT2D eigenvalue weighted by Gasteiger charge is 2.49. The number of likely N-dealkylation sites (tertiary alicyclic amines) is 2. The number of benzene rings is 1. The SMILES string of the molecule is CCCCOCC(=O)N1CC[C@@]2(CCCN(Cc3cccc(C)c3)C2=O)C1. The van der Waals surface area contributed by atoms with Crippen LogP contribution in [0.1, 0.15) is 50.2 Å². The van der Waals surface area contributed by atoms with Crippen LogP contribution in [0, 0.1) is 12.3 Å². The molecule has 0 aromatic heterocycles. The molecule has 2 aliphatic rings. The maximum absolute atomic E-state index is 13.3. The van der Waals surface area contributed by atoms with Gasteiger partial charge in [-0.15, -0.1) is 0 Å². The van der Waals surface area contributed by atoms with Crippen molar-refractivity contribution in [1.29, 1.82) is 0 Å². The quantitative estimate of drug-likeness (QED) is 0.691. The van der Waals surface area contributed by atoms with Gasteiger partial charge in [0.1, 0.15) is 6.61 Å². The zero-order valence-electron chi connectivity index (χ0n) is 16.7. The van der Waals surface area contributed by atoms with Crippen molar-refractivity contribution in [3.8, 4) is 0 Å². The van der Waals surface area contributed by atoms with E-state index >= 15 is 0 Å². The first-order chi connectivity index (χ1) is 13.0. The van der Waals surface area contributed by atoms with E-state index in [9.17, 15) is 9.59 Å². The van der Waals surface area contributed by atoms with Gasteiger partial charge in [-0.25, -0.2) is 0 Å². The van der Waals surface area contributed by atoms with Crippen LogP contribution in [0.2, 0.25) is 0 Å². The Morgan fingerprint density at radius 1 is 1.26 bits per heavy atom. The first-order valence-electron chi connectivity index (χ1n) is 10.2. The molecule has 3 rings (SSSR count). The Bertz CT molecular complexity index is 675. The second-order valence-corrected chi connectivity index (χ2v) is 8.07. The molecule has 2 amide bonds. The van der Waals surface area contributed by atoms with Crippen molar-refractivity contribution >= 4 is 11.8 Å². The second kappa shape index (κ2) is 8.87. The van der Waals surface area contributed by atoms with Crippen LogP contribution in [0.25, 0.3) is 0 Å². The van der Waals surface area contributed by atoms with E-state index in [1.54, 1.807) is 0 Å². The van der Waals surface area contributed by atoms with E-state index < -0.39 is 0 Å². The van der Waals surface area contributed by atoms with Crippen molar-refractivity contribution in [2.75, 3.05) is 32.8 Å². The lowest BCUT2D eigenvalue weighted by Crippen LogP contribution is -2.50. The molecular formula is C22H32N2O3. The molecule has 0 N–H and O–H groups in total. The maximum Gasteiger partial charge on any atom is 0.248 e. The molecule has 2 saturated heterocycles. The minimum absolute atomic E-state index is 0.0200. The summed E-state index contributed by atoms with van der Waals surface area (Å²) in [6.07, 6.45) is 4.70. The smallest absolute Gasteiger partial charge is 0.248 e. The number of carbonyl (C=O) groups is 2. The summed E-state index contributed by atoms with van der Waals surface area (Å²) in [5.74, 6) is 0.240. The van der Waals surface area contributed by atoms with Crippen LogP contribution in [0.3, 0.4) is 0 Å². The summed E-state index contributed by atoms with van der Waals surface area (Å²) in [6.45, 7) is 7.63. The lowest BCUT2D eigenvalue weighted by Gasteiger charge is -2.39. The van der Waals surface area contributed by atoms with Gasteiger partial charge >= 0.3 is 0 Å². The van der Waals surface area contributed by atoms with Crippen LogP contribution in [-0.2, 0) is 20.9 Å². The van der Waals surface area contributed by atoms with E-state index in [-0.39, 0.29) is 23.8 Å². The Balaban J connectivity index is 1.59. The first-order valence-corrected chi connectivity index (χ1v) is 10.2. The van der Waals surface area contributed by atoms with Gasteiger partial charge in [-0.3, -0.25) is 9.59 Å². The minimum atomic E-state index is -0.388. The highest BCUT2D eigenvalue weighted by atomic mass is 16.5. The predicted octanol–water partition coefficient (Wildman–Crippen LogP) is 3.15. The fourth-order valence-electron chi connectivity index (χ4n) is 4.30. The molecule has 1 aromatic carbocycles. The predicted molar refractivity (Wildman–Crippen MR) is 105 cm³/mol. The van der Waals surface area contributed by atoms with Crippen molar-refractivity contribution in [3.63, 3.8) is 0 Å². The van der Waals surface area contributed by atoms with Crippen molar-refractivity contribution in [2.24, 2.45) is 5.41 Å². The van der Waals surface area contributed by atoms with E-state index in [4.69, 9.17) is 4.74 Å². The molecule has 0 aliphatic carbocycles. The summed E-state index contributed by atoms with van der Waals surface area (Å²) >= 11 is 0. The van der Waals surface area contributed by atoms with Crippen LogP contribution >= 0.6 is 0 Å². The molecule has 2 aliphatic heterocycles. The summed E-state index contributed by atoms with van der Waals surface area (Å²) in [5.41, 5.74) is 2.00. The number of piperidine rings is 1. The average molecular weight is 373 g/mol. The first kappa shape index (κ1) is 19.9. The van der Waals surface area contributed by atoms with Gasteiger partial charge in [0.05, 0.1) is 5.41 Å². The molecule has 0 unspecified atom stereocenters. The second-order valence-electron chi connectivity index (χ2n) is 8.07. The molecule has 1 spiro atoms. The number of ether oxygens (including phenoxy) is 1. The zero-order chi connectivity index (χ0) is 19.3. The van der Waals surface area contributed by atoms with Crippen LogP contribution in [0.15, 0.2) is 24.3 Å². The molecular weight excluding hydrogens is 340 g/mol. The van der Waals surface area contributed by atoms with E-state index in [1.165, 1.54) is 11.1 Å². The standard InChI is InChI=1S/C22H32N2O3/c1-3-4-13-27-16-20(25)24-12-10-22(17-24)9-6-11-23(21(22)26)15-19-8-5-7-18(2)14-19/h5,7-8,14H,3-4,6,9-13,15-17H2,1-2H3/t22-/m0/s1. The normalized spacial score (nSPS) is 22.7. The van der Waals surface area contributed by atoms with E-state index in [0.29, 0.717) is 26.2 Å². The Morgan fingerprint density at radius 3 is 2.89 bits per heavy atom. The Kier molecular flexibility index (Phi) is 6.53. The minimum Gasteiger partial charge on any atom is -0.372 e. The molecule has 27 heavy (non-hydrogen) atoms. The van der Waals surface area contributed by atoms with Crippen molar-refractivity contribution in [3.05, 3.63) is 35.4 Å². The number of nitrogens with zero attached hydrogens (tertiary/aromatic N) is 2. The zero-order valence-corrected chi connectivity index (χ0v) is 16.7. The van der Waals surface area contributed by atoms with E-state index in [2.05, 4.69) is 32.0 Å². The Hall–Kier alpha value is -1.88. The number of amides is 2. The number of hydrogen-bond donors (Lipinski definition) is 0. The van der Waals surface area contributed by atoms with Gasteiger partial charge in [0.25, 0.3) is 0 Å². The Morgan fingerprint density at radius 2 is 2.11 bits per heavy atom. The third kappa shape index (κ3) is 4.70. The average Bonchev–Trinajstić information content (AvgIpc) is 3.08. The molecule has 1 atom stereocenters. The highest BCUT2D eigenvalue weighted by Crippen LogP contribution is 2.40. The van der Waals surface area contributed by atoms with Gasteiger partial charge < -0.3 is 14.5 Å². The lowest BCUT2D eigenvalue weighted by atomic mass is 9.78. The topological polar surface area (TPSA) is 49.9 Å². The molecule has 1 aromatic rings. The highest BCUT2D eigenvalue weighted by molar-refractivity contribution is 5.86. The van der Waals surface area contributed by atoms with Gasteiger partial charge in [0, 0.05) is 32.8 Å². The van der Waals surface area contributed by atoms with Crippen LogP contribution in [0.4, 0.5) is 0 Å². The van der Waals surface area contributed by atoms with Crippen LogP contribution in [-0.4, -0.2) is 54.5 Å². The van der Waals surface area contributed by atoms with Gasteiger partial charge in [-0.1, -0.05) is 43.2 Å².